The number of benzene rings is 2. The zero-order chi connectivity index (χ0) is 17.4. The highest BCUT2D eigenvalue weighted by atomic mass is 16.5. The highest BCUT2D eigenvalue weighted by molar-refractivity contribution is 6.18. The third-order valence-electron chi connectivity index (χ3n) is 4.79. The van der Waals surface area contributed by atoms with Crippen LogP contribution < -0.4 is 4.74 Å². The molecular weight excluding hydrogens is 318 g/mol. The average Bonchev–Trinajstić information content (AvgIpc) is 2.86. The molecule has 1 fully saturated rings. The molecule has 0 aromatic heterocycles. The highest BCUT2D eigenvalue weighted by Crippen LogP contribution is 2.30. The SMILES string of the molecule is CC1=C(Oc2ccc3ccccc3c2)C(=O)N(C2CCOCC2)C1=O. The Kier molecular flexibility index (Phi) is 4.01. The van der Waals surface area contributed by atoms with Crippen LogP contribution in [0.25, 0.3) is 10.8 Å². The number of ether oxygens (including phenoxy) is 2. The molecule has 5 nitrogen and oxygen atoms in total. The van der Waals surface area contributed by atoms with Crippen LogP contribution in [0.5, 0.6) is 5.75 Å². The summed E-state index contributed by atoms with van der Waals surface area (Å²) >= 11 is 0. The van der Waals surface area contributed by atoms with Crippen LogP contribution in [0.4, 0.5) is 0 Å². The summed E-state index contributed by atoms with van der Waals surface area (Å²) in [5, 5.41) is 2.12. The van der Waals surface area contributed by atoms with Crippen LogP contribution >= 0.6 is 0 Å². The maximum Gasteiger partial charge on any atom is 0.297 e. The molecule has 0 N–H and O–H groups in total. The Balaban J connectivity index is 1.60. The second-order valence-electron chi connectivity index (χ2n) is 6.39. The van der Waals surface area contributed by atoms with Crippen LogP contribution in [0.1, 0.15) is 19.8 Å². The van der Waals surface area contributed by atoms with Gasteiger partial charge in [0.1, 0.15) is 5.75 Å². The van der Waals surface area contributed by atoms with Gasteiger partial charge in [-0.1, -0.05) is 30.3 Å². The molecule has 0 bridgehead atoms. The van der Waals surface area contributed by atoms with E-state index in [0.717, 1.165) is 10.8 Å². The van der Waals surface area contributed by atoms with E-state index in [1.54, 1.807) is 6.92 Å². The number of hydrogen-bond donors (Lipinski definition) is 0. The molecule has 0 atom stereocenters. The van der Waals surface area contributed by atoms with E-state index in [1.807, 2.05) is 42.5 Å². The van der Waals surface area contributed by atoms with E-state index in [4.69, 9.17) is 9.47 Å². The highest BCUT2D eigenvalue weighted by Gasteiger charge is 2.42. The van der Waals surface area contributed by atoms with Gasteiger partial charge >= 0.3 is 0 Å². The third kappa shape index (κ3) is 2.81. The van der Waals surface area contributed by atoms with Crippen LogP contribution in [0.2, 0.25) is 0 Å². The van der Waals surface area contributed by atoms with Gasteiger partial charge in [-0.05, 0) is 42.7 Å². The van der Waals surface area contributed by atoms with E-state index < -0.39 is 0 Å². The first-order valence-electron chi connectivity index (χ1n) is 8.48. The van der Waals surface area contributed by atoms with Crippen molar-refractivity contribution >= 4 is 22.6 Å². The molecule has 2 aliphatic rings. The van der Waals surface area contributed by atoms with Crippen molar-refractivity contribution < 1.29 is 19.1 Å². The summed E-state index contributed by atoms with van der Waals surface area (Å²) in [5.41, 5.74) is 0.365. The minimum Gasteiger partial charge on any atom is -0.451 e. The maximum atomic E-state index is 12.8. The predicted molar refractivity (Wildman–Crippen MR) is 93.0 cm³/mol. The Hall–Kier alpha value is -2.66. The van der Waals surface area contributed by atoms with Crippen LogP contribution in [-0.2, 0) is 14.3 Å². The summed E-state index contributed by atoms with van der Waals surface area (Å²) in [4.78, 5) is 26.7. The normalized spacial score (nSPS) is 19.2. The summed E-state index contributed by atoms with van der Waals surface area (Å²) in [5.74, 6) is 0.0880. The van der Waals surface area contributed by atoms with Crippen LogP contribution in [0.3, 0.4) is 0 Å². The fourth-order valence-electron chi connectivity index (χ4n) is 3.38. The summed E-state index contributed by atoms with van der Waals surface area (Å²) in [6.45, 7) is 2.79. The average molecular weight is 337 g/mol. The fraction of sp³-hybridized carbons (Fsp3) is 0.300. The van der Waals surface area contributed by atoms with E-state index >= 15 is 0 Å². The van der Waals surface area contributed by atoms with E-state index in [0.29, 0.717) is 37.4 Å². The van der Waals surface area contributed by atoms with Gasteiger partial charge in [-0.3, -0.25) is 14.5 Å². The van der Waals surface area contributed by atoms with Crippen LogP contribution in [0.15, 0.2) is 53.8 Å². The number of nitrogens with zero attached hydrogens (tertiary/aromatic N) is 1. The smallest absolute Gasteiger partial charge is 0.297 e. The summed E-state index contributed by atoms with van der Waals surface area (Å²) < 4.78 is 11.2. The minimum atomic E-state index is -0.345. The molecule has 0 aliphatic carbocycles. The van der Waals surface area contributed by atoms with E-state index in [1.165, 1.54) is 4.90 Å². The molecule has 0 unspecified atom stereocenters. The van der Waals surface area contributed by atoms with Gasteiger partial charge < -0.3 is 9.47 Å². The van der Waals surface area contributed by atoms with Gasteiger partial charge in [0.15, 0.2) is 0 Å². The molecule has 2 aromatic carbocycles. The molecule has 2 aromatic rings. The number of hydrogen-bond acceptors (Lipinski definition) is 4. The standard InChI is InChI=1S/C20H19NO4/c1-13-18(20(23)21(19(13)22)16-8-10-24-11-9-16)25-17-7-6-14-4-2-3-5-15(14)12-17/h2-7,12,16H,8-11H2,1H3. The number of amides is 2. The molecule has 0 spiro atoms. The molecule has 128 valence electrons. The van der Waals surface area contributed by atoms with Gasteiger partial charge in [0.25, 0.3) is 11.8 Å². The summed E-state index contributed by atoms with van der Waals surface area (Å²) in [6, 6.07) is 13.5. The lowest BCUT2D eigenvalue weighted by Crippen LogP contribution is -2.44. The monoisotopic (exact) mass is 337 g/mol. The summed E-state index contributed by atoms with van der Waals surface area (Å²) in [6.07, 6.45) is 1.35. The van der Waals surface area contributed by atoms with Crippen LogP contribution in [-0.4, -0.2) is 36.0 Å². The molecule has 2 aliphatic heterocycles. The van der Waals surface area contributed by atoms with Crippen molar-refractivity contribution in [3.8, 4) is 5.75 Å². The van der Waals surface area contributed by atoms with Crippen molar-refractivity contribution in [1.82, 2.24) is 4.90 Å². The van der Waals surface area contributed by atoms with E-state index in [-0.39, 0.29) is 23.6 Å². The summed E-state index contributed by atoms with van der Waals surface area (Å²) in [7, 11) is 0. The first-order valence-corrected chi connectivity index (χ1v) is 8.48. The van der Waals surface area contributed by atoms with Gasteiger partial charge in [-0.25, -0.2) is 0 Å². The first-order chi connectivity index (χ1) is 12.1. The Morgan fingerprint density at radius 1 is 1.00 bits per heavy atom. The molecule has 0 radical (unpaired) electrons. The topological polar surface area (TPSA) is 55.8 Å². The molecule has 2 amide bonds. The Labute approximate surface area is 145 Å². The van der Waals surface area contributed by atoms with Crippen molar-refractivity contribution in [1.29, 1.82) is 0 Å². The number of carbonyl (C=O) groups excluding carboxylic acids is 2. The molecule has 5 heteroatoms. The Morgan fingerprint density at radius 2 is 1.72 bits per heavy atom. The Morgan fingerprint density at radius 3 is 2.48 bits per heavy atom. The minimum absolute atomic E-state index is 0.110. The zero-order valence-electron chi connectivity index (χ0n) is 14.0. The lowest BCUT2D eigenvalue weighted by atomic mass is 10.1. The quantitative estimate of drug-likeness (QED) is 0.808. The lowest BCUT2D eigenvalue weighted by molar-refractivity contribution is -0.143. The van der Waals surface area contributed by atoms with Gasteiger partial charge in [-0.2, -0.15) is 0 Å². The molecule has 1 saturated heterocycles. The van der Waals surface area contributed by atoms with Gasteiger partial charge in [0.2, 0.25) is 5.76 Å². The third-order valence-corrected chi connectivity index (χ3v) is 4.79. The number of fused-ring (bicyclic) bond motifs is 1. The molecule has 4 rings (SSSR count). The predicted octanol–water partition coefficient (Wildman–Crippen LogP) is 3.04. The van der Waals surface area contributed by atoms with Crippen molar-refractivity contribution in [2.75, 3.05) is 13.2 Å². The van der Waals surface area contributed by atoms with Crippen molar-refractivity contribution in [2.45, 2.75) is 25.8 Å². The van der Waals surface area contributed by atoms with E-state index in [2.05, 4.69) is 0 Å². The molecule has 0 saturated carbocycles. The second kappa shape index (κ2) is 6.33. The zero-order valence-corrected chi connectivity index (χ0v) is 14.0. The molecular formula is C20H19NO4. The van der Waals surface area contributed by atoms with E-state index in [9.17, 15) is 9.59 Å². The number of carbonyl (C=O) groups is 2. The largest absolute Gasteiger partial charge is 0.451 e. The second-order valence-corrected chi connectivity index (χ2v) is 6.39. The van der Waals surface area contributed by atoms with Crippen molar-refractivity contribution in [3.63, 3.8) is 0 Å². The first kappa shape index (κ1) is 15.8. The lowest BCUT2D eigenvalue weighted by Gasteiger charge is -2.29. The fourth-order valence-corrected chi connectivity index (χ4v) is 3.38. The number of imide groups is 1. The van der Waals surface area contributed by atoms with Gasteiger partial charge in [0.05, 0.1) is 5.57 Å². The van der Waals surface area contributed by atoms with Gasteiger partial charge in [0, 0.05) is 19.3 Å². The van der Waals surface area contributed by atoms with Crippen molar-refractivity contribution in [3.05, 3.63) is 53.8 Å². The molecule has 25 heavy (non-hydrogen) atoms. The van der Waals surface area contributed by atoms with Crippen molar-refractivity contribution in [2.24, 2.45) is 0 Å². The number of rotatable bonds is 3. The van der Waals surface area contributed by atoms with Crippen LogP contribution in [0, 0.1) is 0 Å². The Bertz CT molecular complexity index is 880. The van der Waals surface area contributed by atoms with Gasteiger partial charge in [-0.15, -0.1) is 0 Å². The molecule has 2 heterocycles. The maximum absolute atomic E-state index is 12.8.